The number of nitrogens with zero attached hydrogens (tertiary/aromatic N) is 1. The Labute approximate surface area is 117 Å². The summed E-state index contributed by atoms with van der Waals surface area (Å²) in [5.41, 5.74) is -0.278. The van der Waals surface area contributed by atoms with Gasteiger partial charge >= 0.3 is 5.92 Å². The van der Waals surface area contributed by atoms with Crippen molar-refractivity contribution < 1.29 is 13.6 Å². The molecule has 110 valence electrons. The molecule has 0 bridgehead atoms. The third-order valence-corrected chi connectivity index (χ3v) is 3.34. The van der Waals surface area contributed by atoms with Gasteiger partial charge in [0.05, 0.1) is 0 Å². The molecule has 6 heteroatoms. The molecule has 1 aliphatic heterocycles. The lowest BCUT2D eigenvalue weighted by Crippen LogP contribution is -2.47. The van der Waals surface area contributed by atoms with Gasteiger partial charge < -0.3 is 10.6 Å². The highest BCUT2D eigenvalue weighted by Crippen LogP contribution is 2.27. The number of nitrogens with one attached hydrogen (secondary N) is 2. The second-order valence-corrected chi connectivity index (χ2v) is 4.79. The summed E-state index contributed by atoms with van der Waals surface area (Å²) in [6.45, 7) is 4.39. The van der Waals surface area contributed by atoms with Gasteiger partial charge in [-0.1, -0.05) is 30.3 Å². The Morgan fingerprint density at radius 1 is 1.25 bits per heavy atom. The number of hydrogen-bond acceptors (Lipinski definition) is 3. The topological polar surface area (TPSA) is 44.4 Å². The molecule has 0 spiro atoms. The van der Waals surface area contributed by atoms with Gasteiger partial charge in [-0.05, 0) is 0 Å². The lowest BCUT2D eigenvalue weighted by molar-refractivity contribution is -0.147. The average Bonchev–Trinajstić information content (AvgIpc) is 2.49. The van der Waals surface area contributed by atoms with Crippen LogP contribution in [0.3, 0.4) is 0 Å². The summed E-state index contributed by atoms with van der Waals surface area (Å²) in [6.07, 6.45) is 0. The van der Waals surface area contributed by atoms with E-state index in [1.54, 1.807) is 6.07 Å². The molecule has 1 amide bonds. The van der Waals surface area contributed by atoms with Crippen LogP contribution in [0.4, 0.5) is 8.78 Å². The molecule has 0 aliphatic carbocycles. The van der Waals surface area contributed by atoms with Gasteiger partial charge in [0.1, 0.15) is 0 Å². The Morgan fingerprint density at radius 2 is 1.90 bits per heavy atom. The monoisotopic (exact) mass is 283 g/mol. The molecular formula is C14H19F2N3O. The van der Waals surface area contributed by atoms with E-state index in [2.05, 4.69) is 15.5 Å². The molecule has 0 atom stereocenters. The average molecular weight is 283 g/mol. The maximum atomic E-state index is 13.9. The highest BCUT2D eigenvalue weighted by atomic mass is 19.3. The van der Waals surface area contributed by atoms with Gasteiger partial charge in [0.15, 0.2) is 0 Å². The van der Waals surface area contributed by atoms with Gasteiger partial charge in [-0.15, -0.1) is 0 Å². The Morgan fingerprint density at radius 3 is 2.55 bits per heavy atom. The smallest absolute Gasteiger partial charge is 0.349 e. The van der Waals surface area contributed by atoms with Crippen LogP contribution in [0, 0.1) is 0 Å². The van der Waals surface area contributed by atoms with E-state index in [0.717, 1.165) is 26.2 Å². The summed E-state index contributed by atoms with van der Waals surface area (Å²) in [6, 6.07) is 7.15. The molecule has 1 saturated heterocycles. The van der Waals surface area contributed by atoms with Crippen LogP contribution in [0.25, 0.3) is 0 Å². The maximum Gasteiger partial charge on any atom is 0.349 e. The van der Waals surface area contributed by atoms with E-state index in [0.29, 0.717) is 6.54 Å². The third kappa shape index (κ3) is 3.74. The maximum absolute atomic E-state index is 13.9. The van der Waals surface area contributed by atoms with Crippen LogP contribution in [0.1, 0.15) is 5.56 Å². The normalized spacial score (nSPS) is 16.9. The first-order chi connectivity index (χ1) is 9.60. The summed E-state index contributed by atoms with van der Waals surface area (Å²) in [7, 11) is 0. The van der Waals surface area contributed by atoms with Gasteiger partial charge in [0.25, 0.3) is 5.91 Å². The van der Waals surface area contributed by atoms with Crippen molar-refractivity contribution in [3.05, 3.63) is 35.9 Å². The number of benzene rings is 1. The van der Waals surface area contributed by atoms with E-state index in [-0.39, 0.29) is 12.1 Å². The standard InChI is InChI=1S/C14H19F2N3O/c15-14(16,12-4-2-1-3-5-12)13(20)18-8-11-19-9-6-17-7-10-19/h1-5,17H,6-11H2,(H,18,20). The number of amides is 1. The number of carbonyl (C=O) groups excluding carboxylic acids is 1. The van der Waals surface area contributed by atoms with Crippen LogP contribution in [0.2, 0.25) is 0 Å². The van der Waals surface area contributed by atoms with E-state index in [9.17, 15) is 13.6 Å². The number of hydrogen-bond donors (Lipinski definition) is 2. The van der Waals surface area contributed by atoms with Crippen molar-refractivity contribution in [2.45, 2.75) is 5.92 Å². The SMILES string of the molecule is O=C(NCCN1CCNCC1)C(F)(F)c1ccccc1. The number of carbonyl (C=O) groups is 1. The first-order valence-corrected chi connectivity index (χ1v) is 6.75. The molecule has 1 aromatic rings. The fourth-order valence-corrected chi connectivity index (χ4v) is 2.15. The minimum atomic E-state index is -3.48. The zero-order valence-corrected chi connectivity index (χ0v) is 11.2. The zero-order valence-electron chi connectivity index (χ0n) is 11.2. The first-order valence-electron chi connectivity index (χ1n) is 6.75. The summed E-state index contributed by atoms with van der Waals surface area (Å²) in [5, 5.41) is 5.53. The minimum Gasteiger partial charge on any atom is -0.349 e. The first kappa shape index (κ1) is 14.9. The van der Waals surface area contributed by atoms with Gasteiger partial charge in [-0.25, -0.2) is 0 Å². The van der Waals surface area contributed by atoms with Crippen LogP contribution in [-0.4, -0.2) is 50.1 Å². The number of rotatable bonds is 5. The molecule has 1 fully saturated rings. The van der Waals surface area contributed by atoms with Crippen LogP contribution < -0.4 is 10.6 Å². The summed E-state index contributed by atoms with van der Waals surface area (Å²) >= 11 is 0. The van der Waals surface area contributed by atoms with E-state index in [1.165, 1.54) is 24.3 Å². The van der Waals surface area contributed by atoms with Crippen LogP contribution >= 0.6 is 0 Å². The highest BCUT2D eigenvalue weighted by Gasteiger charge is 2.40. The van der Waals surface area contributed by atoms with E-state index < -0.39 is 11.8 Å². The van der Waals surface area contributed by atoms with E-state index in [1.807, 2.05) is 0 Å². The number of halogens is 2. The second kappa shape index (κ2) is 6.76. The van der Waals surface area contributed by atoms with Gasteiger partial charge in [0, 0.05) is 44.8 Å². The molecule has 2 N–H and O–H groups in total. The van der Waals surface area contributed by atoms with Crippen molar-refractivity contribution in [1.82, 2.24) is 15.5 Å². The van der Waals surface area contributed by atoms with Gasteiger partial charge in [-0.3, -0.25) is 9.69 Å². The van der Waals surface area contributed by atoms with Crippen molar-refractivity contribution in [3.63, 3.8) is 0 Å². The Kier molecular flexibility index (Phi) is 5.03. The van der Waals surface area contributed by atoms with Crippen molar-refractivity contribution in [3.8, 4) is 0 Å². The summed E-state index contributed by atoms with van der Waals surface area (Å²) < 4.78 is 27.8. The summed E-state index contributed by atoms with van der Waals surface area (Å²) in [5.74, 6) is -4.72. The molecule has 4 nitrogen and oxygen atoms in total. The minimum absolute atomic E-state index is 0.237. The van der Waals surface area contributed by atoms with E-state index >= 15 is 0 Å². The summed E-state index contributed by atoms with van der Waals surface area (Å²) in [4.78, 5) is 13.8. The molecule has 1 aromatic carbocycles. The molecule has 0 saturated carbocycles. The largest absolute Gasteiger partial charge is 0.349 e. The number of alkyl halides is 2. The Balaban J connectivity index is 1.81. The molecule has 0 unspecified atom stereocenters. The van der Waals surface area contributed by atoms with Crippen LogP contribution in [-0.2, 0) is 10.7 Å². The molecule has 2 rings (SSSR count). The molecule has 20 heavy (non-hydrogen) atoms. The van der Waals surface area contributed by atoms with Crippen molar-refractivity contribution in [2.24, 2.45) is 0 Å². The lowest BCUT2D eigenvalue weighted by atomic mass is 10.1. The van der Waals surface area contributed by atoms with Crippen LogP contribution in [0.5, 0.6) is 0 Å². The van der Waals surface area contributed by atoms with Crippen molar-refractivity contribution in [1.29, 1.82) is 0 Å². The Bertz CT molecular complexity index is 433. The zero-order chi connectivity index (χ0) is 14.4. The van der Waals surface area contributed by atoms with Gasteiger partial charge in [-0.2, -0.15) is 8.78 Å². The molecule has 1 aliphatic rings. The highest BCUT2D eigenvalue weighted by molar-refractivity contribution is 5.84. The lowest BCUT2D eigenvalue weighted by Gasteiger charge is -2.27. The van der Waals surface area contributed by atoms with Gasteiger partial charge in [0.2, 0.25) is 0 Å². The number of piperazine rings is 1. The fourth-order valence-electron chi connectivity index (χ4n) is 2.15. The molecule has 1 heterocycles. The fraction of sp³-hybridized carbons (Fsp3) is 0.500. The second-order valence-electron chi connectivity index (χ2n) is 4.79. The van der Waals surface area contributed by atoms with Crippen LogP contribution in [0.15, 0.2) is 30.3 Å². The predicted molar refractivity (Wildman–Crippen MR) is 72.7 cm³/mol. The molecule has 0 radical (unpaired) electrons. The molecule has 0 aromatic heterocycles. The van der Waals surface area contributed by atoms with Crippen molar-refractivity contribution in [2.75, 3.05) is 39.3 Å². The third-order valence-electron chi connectivity index (χ3n) is 3.34. The molecular weight excluding hydrogens is 264 g/mol. The van der Waals surface area contributed by atoms with Crippen molar-refractivity contribution >= 4 is 5.91 Å². The quantitative estimate of drug-likeness (QED) is 0.840. The predicted octanol–water partition coefficient (Wildman–Crippen LogP) is 0.800. The Hall–Kier alpha value is -1.53. The van der Waals surface area contributed by atoms with E-state index in [4.69, 9.17) is 0 Å².